The predicted molar refractivity (Wildman–Crippen MR) is 111 cm³/mol. The van der Waals surface area contributed by atoms with Crippen LogP contribution in [0.15, 0.2) is 47.4 Å². The van der Waals surface area contributed by atoms with Gasteiger partial charge in [-0.1, -0.05) is 11.6 Å². The molecule has 0 saturated carbocycles. The van der Waals surface area contributed by atoms with E-state index in [1.165, 1.54) is 19.1 Å². The molecule has 0 atom stereocenters. The minimum Gasteiger partial charge on any atom is -0.490 e. The van der Waals surface area contributed by atoms with Gasteiger partial charge in [0.05, 0.1) is 22.2 Å². The Bertz CT molecular complexity index is 1080. The van der Waals surface area contributed by atoms with E-state index >= 15 is 0 Å². The second-order valence-electron chi connectivity index (χ2n) is 5.63. The molecule has 4 N–H and O–H groups in total. The first-order valence-corrected chi connectivity index (χ1v) is 11.7. The number of nitrogen functional groups attached to an aromatic ring is 1. The smallest absolute Gasteiger partial charge is 0.332 e. The van der Waals surface area contributed by atoms with Crippen molar-refractivity contribution in [2.24, 2.45) is 0 Å². The van der Waals surface area contributed by atoms with Gasteiger partial charge in [-0.25, -0.2) is 0 Å². The normalized spacial score (nSPS) is 11.2. The van der Waals surface area contributed by atoms with Gasteiger partial charge in [-0.3, -0.25) is 9.35 Å². The van der Waals surface area contributed by atoms with Crippen LogP contribution in [0.3, 0.4) is 0 Å². The van der Waals surface area contributed by atoms with E-state index < -0.39 is 31.1 Å². The van der Waals surface area contributed by atoms with E-state index in [-0.39, 0.29) is 24.5 Å². The van der Waals surface area contributed by atoms with E-state index in [4.69, 9.17) is 26.6 Å². The second-order valence-corrected chi connectivity index (χ2v) is 9.12. The molecule has 0 bridgehead atoms. The van der Waals surface area contributed by atoms with Crippen molar-refractivity contribution in [3.63, 3.8) is 0 Å². The number of hydrogen-bond donors (Lipinski definition) is 3. The van der Waals surface area contributed by atoms with Crippen molar-refractivity contribution in [2.45, 2.75) is 11.8 Å². The zero-order valence-electron chi connectivity index (χ0n) is 15.7. The zero-order valence-corrected chi connectivity index (χ0v) is 18.1. The lowest BCUT2D eigenvalue weighted by atomic mass is 10.2. The first-order chi connectivity index (χ1) is 13.8. The number of amides is 1. The molecule has 30 heavy (non-hydrogen) atoms. The Morgan fingerprint density at radius 3 is 2.20 bits per heavy atom. The van der Waals surface area contributed by atoms with Gasteiger partial charge in [0.1, 0.15) is 12.4 Å². The average Bonchev–Trinajstić information content (AvgIpc) is 2.66. The molecule has 0 spiro atoms. The third-order valence-corrected chi connectivity index (χ3v) is 5.22. The molecular formula is C17H20ClFN2O7S2. The van der Waals surface area contributed by atoms with E-state index in [1.807, 2.05) is 0 Å². The molecule has 0 aliphatic rings. The Kier molecular flexibility index (Phi) is 9.49. The van der Waals surface area contributed by atoms with Crippen molar-refractivity contribution in [3.05, 3.63) is 53.1 Å². The van der Waals surface area contributed by atoms with Crippen LogP contribution >= 0.6 is 11.6 Å². The summed E-state index contributed by atoms with van der Waals surface area (Å²) in [5.41, 5.74) is 6.28. The number of anilines is 1. The van der Waals surface area contributed by atoms with Crippen LogP contribution in [0.4, 0.5) is 9.57 Å². The van der Waals surface area contributed by atoms with Gasteiger partial charge in [0.15, 0.2) is 0 Å². The summed E-state index contributed by atoms with van der Waals surface area (Å²) in [5, 5.41) is 2.95. The Labute approximate surface area is 179 Å². The van der Waals surface area contributed by atoms with Crippen molar-refractivity contribution in [3.8, 4) is 5.75 Å². The number of carbonyl (C=O) groups excluding carboxylic acids is 1. The highest BCUT2D eigenvalue weighted by atomic mass is 35.5. The molecule has 9 nitrogen and oxygen atoms in total. The maximum atomic E-state index is 12.8. The summed E-state index contributed by atoms with van der Waals surface area (Å²) in [5.74, 6) is -0.199. The molecule has 1 amide bonds. The number of rotatable bonds is 7. The van der Waals surface area contributed by atoms with Crippen LogP contribution in [0.1, 0.15) is 17.3 Å². The highest BCUT2D eigenvalue weighted by Crippen LogP contribution is 2.26. The van der Waals surface area contributed by atoms with Crippen LogP contribution in [0, 0.1) is 0 Å². The van der Waals surface area contributed by atoms with E-state index in [9.17, 15) is 25.5 Å². The average molecular weight is 483 g/mol. The SMILES string of the molecule is CCS(=O)(=O)O.Nc1ccc(OCCNC(=O)c2ccc(S(=O)(=O)F)cc2)c(Cl)c1. The third kappa shape index (κ3) is 9.39. The number of nitrogens with one attached hydrogen (secondary N) is 1. The Morgan fingerprint density at radius 1 is 1.17 bits per heavy atom. The predicted octanol–water partition coefficient (Wildman–Crippen LogP) is 2.28. The molecular weight excluding hydrogens is 463 g/mol. The van der Waals surface area contributed by atoms with Crippen LogP contribution < -0.4 is 15.8 Å². The quantitative estimate of drug-likeness (QED) is 0.235. The lowest BCUT2D eigenvalue weighted by molar-refractivity contribution is 0.0947. The molecule has 13 heteroatoms. The first-order valence-electron chi connectivity index (χ1n) is 8.29. The zero-order chi connectivity index (χ0) is 22.9. The summed E-state index contributed by atoms with van der Waals surface area (Å²) < 4.78 is 66.5. The molecule has 166 valence electrons. The highest BCUT2D eigenvalue weighted by molar-refractivity contribution is 7.86. The Hall–Kier alpha value is -2.41. The van der Waals surface area contributed by atoms with Gasteiger partial charge in [0.2, 0.25) is 0 Å². The molecule has 0 fully saturated rings. The summed E-state index contributed by atoms with van der Waals surface area (Å²) >= 11 is 5.95. The van der Waals surface area contributed by atoms with Gasteiger partial charge in [-0.05, 0) is 49.4 Å². The van der Waals surface area contributed by atoms with E-state index in [0.29, 0.717) is 16.5 Å². The van der Waals surface area contributed by atoms with Crippen molar-refractivity contribution >= 4 is 43.5 Å². The third-order valence-electron chi connectivity index (χ3n) is 3.36. The van der Waals surface area contributed by atoms with Crippen LogP contribution in [-0.4, -0.2) is 46.2 Å². The Morgan fingerprint density at radius 2 is 1.73 bits per heavy atom. The van der Waals surface area contributed by atoms with Crippen molar-refractivity contribution in [1.29, 1.82) is 0 Å². The van der Waals surface area contributed by atoms with Crippen LogP contribution in [0.5, 0.6) is 5.75 Å². The number of ether oxygens (including phenoxy) is 1. The van der Waals surface area contributed by atoms with Crippen LogP contribution in [0.25, 0.3) is 0 Å². The number of halogens is 2. The fourth-order valence-corrected chi connectivity index (χ4v) is 2.54. The number of nitrogens with two attached hydrogens (primary N) is 1. The Balaban J connectivity index is 0.000000656. The lowest BCUT2D eigenvalue weighted by Gasteiger charge is -2.09. The van der Waals surface area contributed by atoms with E-state index in [1.54, 1.807) is 18.2 Å². The minimum atomic E-state index is -4.78. The maximum absolute atomic E-state index is 12.8. The molecule has 0 saturated heterocycles. The van der Waals surface area contributed by atoms with Gasteiger partial charge in [-0.15, -0.1) is 3.89 Å². The van der Waals surface area contributed by atoms with Crippen LogP contribution in [0.2, 0.25) is 5.02 Å². The van der Waals surface area contributed by atoms with Gasteiger partial charge in [0.25, 0.3) is 16.0 Å². The fraction of sp³-hybridized carbons (Fsp3) is 0.235. The van der Waals surface area contributed by atoms with Crippen LogP contribution in [-0.2, 0) is 20.3 Å². The summed E-state index contributed by atoms with van der Waals surface area (Å²) in [6, 6.07) is 9.30. The second kappa shape index (κ2) is 11.1. The molecule has 2 aromatic rings. The monoisotopic (exact) mass is 482 g/mol. The molecule has 0 radical (unpaired) electrons. The van der Waals surface area contributed by atoms with Gasteiger partial charge < -0.3 is 15.8 Å². The lowest BCUT2D eigenvalue weighted by Crippen LogP contribution is -2.28. The number of benzene rings is 2. The largest absolute Gasteiger partial charge is 0.490 e. The standard InChI is InChI=1S/C15H14ClFN2O4S.C2H6O3S/c16-13-9-11(18)3-6-14(13)23-8-7-19-15(20)10-1-4-12(5-2-10)24(17,21)22;1-2-6(3,4)5/h1-6,9H,7-8,18H2,(H,19,20);2H2,1H3,(H,3,4,5). The topological polar surface area (TPSA) is 153 Å². The van der Waals surface area contributed by atoms with Crippen molar-refractivity contribution in [2.75, 3.05) is 24.6 Å². The molecule has 0 heterocycles. The fourth-order valence-electron chi connectivity index (χ4n) is 1.83. The molecule has 0 aromatic heterocycles. The van der Waals surface area contributed by atoms with Crippen molar-refractivity contribution in [1.82, 2.24) is 5.32 Å². The molecule has 0 aliphatic carbocycles. The van der Waals surface area contributed by atoms with Gasteiger partial charge in [-0.2, -0.15) is 16.8 Å². The summed E-state index contributed by atoms with van der Waals surface area (Å²) in [6.45, 7) is 1.74. The highest BCUT2D eigenvalue weighted by Gasteiger charge is 2.13. The summed E-state index contributed by atoms with van der Waals surface area (Å²) in [7, 11) is -8.44. The molecule has 0 unspecified atom stereocenters. The van der Waals surface area contributed by atoms with Gasteiger partial charge in [0, 0.05) is 11.3 Å². The molecule has 0 aliphatic heterocycles. The van der Waals surface area contributed by atoms with Crippen molar-refractivity contribution < 1.29 is 34.8 Å². The summed E-state index contributed by atoms with van der Waals surface area (Å²) in [4.78, 5) is 11.4. The summed E-state index contributed by atoms with van der Waals surface area (Å²) in [6.07, 6.45) is 0. The minimum absolute atomic E-state index is 0.173. The maximum Gasteiger partial charge on any atom is 0.332 e. The number of carbonyl (C=O) groups is 1. The van der Waals surface area contributed by atoms with E-state index in [2.05, 4.69) is 5.32 Å². The number of hydrogen-bond acceptors (Lipinski definition) is 7. The van der Waals surface area contributed by atoms with E-state index in [0.717, 1.165) is 12.1 Å². The molecule has 2 rings (SSSR count). The molecule has 2 aromatic carbocycles. The first kappa shape index (κ1) is 25.6. The van der Waals surface area contributed by atoms with Gasteiger partial charge >= 0.3 is 10.2 Å².